The molecule has 0 saturated carbocycles. The molecular formula is C20H23N3O3. The number of rotatable bonds is 5. The minimum absolute atomic E-state index is 0.113. The molecule has 1 saturated heterocycles. The molecule has 2 aromatic rings. The average molecular weight is 353 g/mol. The Labute approximate surface area is 153 Å². The maximum absolute atomic E-state index is 12.2. The number of hydrogen-bond acceptors (Lipinski definition) is 4. The van der Waals surface area contributed by atoms with Gasteiger partial charge in [-0.15, -0.1) is 0 Å². The molecule has 1 fully saturated rings. The topological polar surface area (TPSA) is 70.7 Å². The second-order valence-electron chi connectivity index (χ2n) is 6.38. The zero-order valence-electron chi connectivity index (χ0n) is 14.8. The molecule has 2 N–H and O–H groups in total. The smallest absolute Gasteiger partial charge is 0.337 e. The Morgan fingerprint density at radius 1 is 1.15 bits per heavy atom. The summed E-state index contributed by atoms with van der Waals surface area (Å²) in [4.78, 5) is 26.1. The van der Waals surface area contributed by atoms with Gasteiger partial charge in [0.2, 0.25) is 0 Å². The summed E-state index contributed by atoms with van der Waals surface area (Å²) in [6, 6.07) is 16.9. The van der Waals surface area contributed by atoms with Gasteiger partial charge in [-0.25, -0.2) is 9.59 Å². The summed E-state index contributed by atoms with van der Waals surface area (Å²) in [5.74, 6) is -0.429. The van der Waals surface area contributed by atoms with Crippen LogP contribution in [0.4, 0.5) is 10.5 Å². The fourth-order valence-corrected chi connectivity index (χ4v) is 3.13. The molecule has 0 aliphatic carbocycles. The number of nitrogens with one attached hydrogen (secondary N) is 2. The number of likely N-dealkylation sites (tertiary alicyclic amines) is 1. The Balaban J connectivity index is 1.49. The van der Waals surface area contributed by atoms with Crippen LogP contribution in [-0.4, -0.2) is 43.1 Å². The maximum Gasteiger partial charge on any atom is 0.337 e. The van der Waals surface area contributed by atoms with Gasteiger partial charge in [0, 0.05) is 31.4 Å². The summed E-state index contributed by atoms with van der Waals surface area (Å²) in [5, 5.41) is 5.77. The molecule has 0 radical (unpaired) electrons. The van der Waals surface area contributed by atoms with Gasteiger partial charge in [0.1, 0.15) is 0 Å². The molecule has 1 aliphatic heterocycles. The monoisotopic (exact) mass is 353 g/mol. The summed E-state index contributed by atoms with van der Waals surface area (Å²) >= 11 is 0. The third-order valence-electron chi connectivity index (χ3n) is 4.40. The second-order valence-corrected chi connectivity index (χ2v) is 6.38. The molecule has 1 heterocycles. The normalized spacial score (nSPS) is 16.9. The first-order valence-electron chi connectivity index (χ1n) is 8.66. The van der Waals surface area contributed by atoms with Crippen molar-refractivity contribution < 1.29 is 14.3 Å². The van der Waals surface area contributed by atoms with Crippen LogP contribution in [0.15, 0.2) is 54.6 Å². The van der Waals surface area contributed by atoms with E-state index < -0.39 is 5.97 Å². The van der Waals surface area contributed by atoms with Crippen LogP contribution in [0, 0.1) is 0 Å². The molecule has 26 heavy (non-hydrogen) atoms. The van der Waals surface area contributed by atoms with Crippen LogP contribution >= 0.6 is 0 Å². The van der Waals surface area contributed by atoms with Crippen molar-refractivity contribution >= 4 is 17.7 Å². The van der Waals surface area contributed by atoms with Crippen molar-refractivity contribution in [3.8, 4) is 0 Å². The first-order valence-corrected chi connectivity index (χ1v) is 8.66. The van der Waals surface area contributed by atoms with Crippen molar-refractivity contribution in [3.05, 3.63) is 65.7 Å². The van der Waals surface area contributed by atoms with E-state index in [1.165, 1.54) is 12.7 Å². The Morgan fingerprint density at radius 3 is 2.73 bits per heavy atom. The van der Waals surface area contributed by atoms with Crippen molar-refractivity contribution in [2.45, 2.75) is 19.0 Å². The van der Waals surface area contributed by atoms with E-state index in [-0.39, 0.29) is 12.1 Å². The Bertz CT molecular complexity index is 764. The SMILES string of the molecule is COC(=O)c1cccc(NC(=O)NC2CCN(Cc3ccccc3)C2)c1. The molecule has 136 valence electrons. The summed E-state index contributed by atoms with van der Waals surface area (Å²) < 4.78 is 4.69. The van der Waals surface area contributed by atoms with Crippen LogP contribution in [0.1, 0.15) is 22.3 Å². The number of nitrogens with zero attached hydrogens (tertiary/aromatic N) is 1. The third-order valence-corrected chi connectivity index (χ3v) is 4.40. The molecule has 0 spiro atoms. The van der Waals surface area contributed by atoms with Crippen molar-refractivity contribution in [2.75, 3.05) is 25.5 Å². The van der Waals surface area contributed by atoms with Crippen molar-refractivity contribution in [3.63, 3.8) is 0 Å². The van der Waals surface area contributed by atoms with Gasteiger partial charge in [-0.05, 0) is 30.2 Å². The van der Waals surface area contributed by atoms with Gasteiger partial charge in [-0.1, -0.05) is 36.4 Å². The van der Waals surface area contributed by atoms with E-state index in [0.29, 0.717) is 11.3 Å². The van der Waals surface area contributed by atoms with Crippen molar-refractivity contribution in [1.29, 1.82) is 0 Å². The summed E-state index contributed by atoms with van der Waals surface area (Å²) in [5.41, 5.74) is 2.24. The van der Waals surface area contributed by atoms with Gasteiger partial charge in [0.15, 0.2) is 0 Å². The lowest BCUT2D eigenvalue weighted by atomic mass is 10.2. The number of carbonyl (C=O) groups is 2. The van der Waals surface area contributed by atoms with Crippen LogP contribution in [-0.2, 0) is 11.3 Å². The van der Waals surface area contributed by atoms with E-state index in [2.05, 4.69) is 27.7 Å². The van der Waals surface area contributed by atoms with E-state index >= 15 is 0 Å². The molecule has 6 heteroatoms. The lowest BCUT2D eigenvalue weighted by Gasteiger charge is -2.17. The lowest BCUT2D eigenvalue weighted by Crippen LogP contribution is -2.39. The van der Waals surface area contributed by atoms with Gasteiger partial charge in [-0.2, -0.15) is 0 Å². The number of esters is 1. The zero-order valence-corrected chi connectivity index (χ0v) is 14.8. The van der Waals surface area contributed by atoms with E-state index in [1.807, 2.05) is 18.2 Å². The highest BCUT2D eigenvalue weighted by Crippen LogP contribution is 2.15. The average Bonchev–Trinajstić information content (AvgIpc) is 3.08. The summed E-state index contributed by atoms with van der Waals surface area (Å²) in [6.07, 6.45) is 0.919. The molecule has 1 unspecified atom stereocenters. The maximum atomic E-state index is 12.2. The highest BCUT2D eigenvalue weighted by molar-refractivity contribution is 5.93. The predicted molar refractivity (Wildman–Crippen MR) is 100 cm³/mol. The number of ether oxygens (including phenoxy) is 1. The molecule has 1 aliphatic rings. The Morgan fingerprint density at radius 2 is 1.96 bits per heavy atom. The van der Waals surface area contributed by atoms with Crippen LogP contribution < -0.4 is 10.6 Å². The van der Waals surface area contributed by atoms with Gasteiger partial charge in [-0.3, -0.25) is 4.90 Å². The first kappa shape index (κ1) is 17.9. The number of benzene rings is 2. The number of hydrogen-bond donors (Lipinski definition) is 2. The van der Waals surface area contributed by atoms with Crippen LogP contribution in [0.2, 0.25) is 0 Å². The molecule has 2 amide bonds. The lowest BCUT2D eigenvalue weighted by molar-refractivity contribution is 0.0600. The number of amides is 2. The molecule has 1 atom stereocenters. The summed E-state index contributed by atoms with van der Waals surface area (Å²) in [6.45, 7) is 2.67. The molecule has 2 aromatic carbocycles. The Kier molecular flexibility index (Phi) is 5.86. The predicted octanol–water partition coefficient (Wildman–Crippen LogP) is 2.87. The number of anilines is 1. The van der Waals surface area contributed by atoms with Crippen LogP contribution in [0.5, 0.6) is 0 Å². The fraction of sp³-hybridized carbons (Fsp3) is 0.300. The van der Waals surface area contributed by atoms with E-state index in [4.69, 9.17) is 4.74 Å². The molecular weight excluding hydrogens is 330 g/mol. The quantitative estimate of drug-likeness (QED) is 0.811. The Hall–Kier alpha value is -2.86. The van der Waals surface area contributed by atoms with Gasteiger partial charge in [0.25, 0.3) is 0 Å². The standard InChI is InChI=1S/C20H23N3O3/c1-26-19(24)16-8-5-9-17(12-16)21-20(25)22-18-10-11-23(14-18)13-15-6-3-2-4-7-15/h2-9,12,18H,10-11,13-14H2,1H3,(H2,21,22,25). The van der Waals surface area contributed by atoms with Crippen molar-refractivity contribution in [1.82, 2.24) is 10.2 Å². The third kappa shape index (κ3) is 4.83. The minimum Gasteiger partial charge on any atom is -0.465 e. The van der Waals surface area contributed by atoms with Gasteiger partial charge >= 0.3 is 12.0 Å². The number of urea groups is 1. The number of carbonyl (C=O) groups excluding carboxylic acids is 2. The molecule has 0 aromatic heterocycles. The molecule has 0 bridgehead atoms. The van der Waals surface area contributed by atoms with Crippen LogP contribution in [0.25, 0.3) is 0 Å². The van der Waals surface area contributed by atoms with E-state index in [0.717, 1.165) is 26.1 Å². The first-order chi connectivity index (χ1) is 12.6. The fourth-order valence-electron chi connectivity index (χ4n) is 3.13. The highest BCUT2D eigenvalue weighted by atomic mass is 16.5. The minimum atomic E-state index is -0.429. The van der Waals surface area contributed by atoms with Crippen LogP contribution in [0.3, 0.4) is 0 Å². The molecule has 3 rings (SSSR count). The van der Waals surface area contributed by atoms with E-state index in [9.17, 15) is 9.59 Å². The van der Waals surface area contributed by atoms with Crippen molar-refractivity contribution in [2.24, 2.45) is 0 Å². The largest absolute Gasteiger partial charge is 0.465 e. The zero-order chi connectivity index (χ0) is 18.4. The number of methoxy groups -OCH3 is 1. The molecule has 6 nitrogen and oxygen atoms in total. The van der Waals surface area contributed by atoms with Gasteiger partial charge in [0.05, 0.1) is 12.7 Å². The second kappa shape index (κ2) is 8.49. The van der Waals surface area contributed by atoms with E-state index in [1.54, 1.807) is 24.3 Å². The summed E-state index contributed by atoms with van der Waals surface area (Å²) in [7, 11) is 1.33. The highest BCUT2D eigenvalue weighted by Gasteiger charge is 2.23. The van der Waals surface area contributed by atoms with Gasteiger partial charge < -0.3 is 15.4 Å².